The molecule has 4 heteroatoms. The average Bonchev–Trinajstić information content (AvgIpc) is 2.65. The van der Waals surface area contributed by atoms with E-state index in [-0.39, 0.29) is 0 Å². The highest BCUT2D eigenvalue weighted by molar-refractivity contribution is 5.74. The lowest BCUT2D eigenvalue weighted by atomic mass is 9.96. The summed E-state index contributed by atoms with van der Waals surface area (Å²) in [5.41, 5.74) is 4.32. The first-order valence-corrected chi connectivity index (χ1v) is 4.62. The van der Waals surface area contributed by atoms with Crippen molar-refractivity contribution in [3.8, 4) is 0 Å². The maximum Gasteiger partial charge on any atom is 0.199 e. The molecule has 0 unspecified atom stereocenters. The molecule has 2 aromatic rings. The number of fused-ring (bicyclic) bond motifs is 3. The van der Waals surface area contributed by atoms with E-state index in [2.05, 4.69) is 20.2 Å². The third-order valence-electron chi connectivity index (χ3n) is 2.63. The fourth-order valence-corrected chi connectivity index (χ4v) is 1.96. The Morgan fingerprint density at radius 1 is 1.15 bits per heavy atom. The number of rotatable bonds is 0. The van der Waals surface area contributed by atoms with E-state index in [0.717, 1.165) is 29.7 Å². The molecule has 0 saturated carbocycles. The van der Waals surface area contributed by atoms with Crippen LogP contribution in [0.1, 0.15) is 24.1 Å². The molecule has 66 valence electrons. The number of aryl methyl sites for hydroxylation is 2. The molecule has 0 atom stereocenters. The van der Waals surface area contributed by atoms with Gasteiger partial charge in [0.1, 0.15) is 0 Å². The van der Waals surface area contributed by atoms with Crippen LogP contribution in [0.25, 0.3) is 11.2 Å². The standard InChI is InChI=1S/C9H10N4/c1-2-4-7-6(3-1)8-9(13-12-7)11-5-10-8/h5H,1-4H2,(H,10,11,13). The van der Waals surface area contributed by atoms with Crippen molar-refractivity contribution < 1.29 is 0 Å². The van der Waals surface area contributed by atoms with E-state index in [1.165, 1.54) is 18.4 Å². The van der Waals surface area contributed by atoms with E-state index in [9.17, 15) is 0 Å². The second-order valence-electron chi connectivity index (χ2n) is 3.43. The van der Waals surface area contributed by atoms with Crippen LogP contribution in [0, 0.1) is 0 Å². The molecule has 1 N–H and O–H groups in total. The van der Waals surface area contributed by atoms with Crippen LogP contribution < -0.4 is 0 Å². The number of aromatic nitrogens is 4. The summed E-state index contributed by atoms with van der Waals surface area (Å²) >= 11 is 0. The Bertz CT molecular complexity index is 446. The fraction of sp³-hybridized carbons (Fsp3) is 0.444. The van der Waals surface area contributed by atoms with Crippen LogP contribution in [0.4, 0.5) is 0 Å². The summed E-state index contributed by atoms with van der Waals surface area (Å²) in [7, 11) is 0. The van der Waals surface area contributed by atoms with E-state index < -0.39 is 0 Å². The van der Waals surface area contributed by atoms with Crippen LogP contribution in [-0.2, 0) is 12.8 Å². The van der Waals surface area contributed by atoms with Crippen molar-refractivity contribution in [2.45, 2.75) is 25.7 Å². The smallest absolute Gasteiger partial charge is 0.199 e. The summed E-state index contributed by atoms with van der Waals surface area (Å²) in [6.07, 6.45) is 6.36. The number of H-pyrrole nitrogens is 1. The molecule has 0 aromatic carbocycles. The minimum atomic E-state index is 0.751. The summed E-state index contributed by atoms with van der Waals surface area (Å²) in [4.78, 5) is 7.23. The largest absolute Gasteiger partial charge is 0.343 e. The van der Waals surface area contributed by atoms with Gasteiger partial charge in [-0.3, -0.25) is 0 Å². The van der Waals surface area contributed by atoms with Crippen molar-refractivity contribution in [1.82, 2.24) is 20.2 Å². The Hall–Kier alpha value is -1.45. The number of nitrogens with one attached hydrogen (secondary N) is 1. The van der Waals surface area contributed by atoms with Gasteiger partial charge in [0.05, 0.1) is 17.5 Å². The molecule has 0 aliphatic heterocycles. The highest BCUT2D eigenvalue weighted by Crippen LogP contribution is 2.23. The molecule has 4 nitrogen and oxygen atoms in total. The molecule has 0 amide bonds. The molecular weight excluding hydrogens is 164 g/mol. The second-order valence-corrected chi connectivity index (χ2v) is 3.43. The van der Waals surface area contributed by atoms with Gasteiger partial charge in [-0.05, 0) is 25.7 Å². The Morgan fingerprint density at radius 3 is 3.08 bits per heavy atom. The van der Waals surface area contributed by atoms with Crippen molar-refractivity contribution in [2.24, 2.45) is 0 Å². The van der Waals surface area contributed by atoms with Crippen LogP contribution in [0.2, 0.25) is 0 Å². The molecule has 1 aliphatic carbocycles. The van der Waals surface area contributed by atoms with E-state index in [1.807, 2.05) is 0 Å². The zero-order valence-corrected chi connectivity index (χ0v) is 7.25. The number of imidazole rings is 1. The Morgan fingerprint density at radius 2 is 2.08 bits per heavy atom. The summed E-state index contributed by atoms with van der Waals surface area (Å²) in [6, 6.07) is 0. The Labute approximate surface area is 75.4 Å². The lowest BCUT2D eigenvalue weighted by molar-refractivity contribution is 0.661. The third-order valence-corrected chi connectivity index (χ3v) is 2.63. The van der Waals surface area contributed by atoms with Crippen molar-refractivity contribution in [3.05, 3.63) is 17.6 Å². The van der Waals surface area contributed by atoms with E-state index in [0.29, 0.717) is 0 Å². The maximum absolute atomic E-state index is 4.19. The zero-order valence-electron chi connectivity index (χ0n) is 7.25. The Balaban J connectivity index is 2.34. The van der Waals surface area contributed by atoms with Crippen molar-refractivity contribution >= 4 is 11.2 Å². The van der Waals surface area contributed by atoms with E-state index >= 15 is 0 Å². The molecule has 0 radical (unpaired) electrons. The van der Waals surface area contributed by atoms with Crippen molar-refractivity contribution in [2.75, 3.05) is 0 Å². The van der Waals surface area contributed by atoms with Gasteiger partial charge in [0.25, 0.3) is 0 Å². The van der Waals surface area contributed by atoms with E-state index in [1.54, 1.807) is 6.33 Å². The molecule has 0 spiro atoms. The monoisotopic (exact) mass is 174 g/mol. The average molecular weight is 174 g/mol. The molecule has 1 aliphatic rings. The first-order chi connectivity index (χ1) is 6.45. The van der Waals surface area contributed by atoms with Gasteiger partial charge in [-0.2, -0.15) is 5.10 Å². The summed E-state index contributed by atoms with van der Waals surface area (Å²) in [6.45, 7) is 0. The fourth-order valence-electron chi connectivity index (χ4n) is 1.96. The predicted molar refractivity (Wildman–Crippen MR) is 48.3 cm³/mol. The minimum absolute atomic E-state index is 0.751. The van der Waals surface area contributed by atoms with Crippen molar-refractivity contribution in [3.63, 3.8) is 0 Å². The van der Waals surface area contributed by atoms with Gasteiger partial charge >= 0.3 is 0 Å². The maximum atomic E-state index is 4.19. The van der Waals surface area contributed by atoms with Gasteiger partial charge in [-0.15, -0.1) is 5.10 Å². The molecular formula is C9H10N4. The molecule has 0 bridgehead atoms. The highest BCUT2D eigenvalue weighted by atomic mass is 15.2. The normalized spacial score (nSPS) is 16.0. The van der Waals surface area contributed by atoms with Gasteiger partial charge < -0.3 is 4.98 Å². The predicted octanol–water partition coefficient (Wildman–Crippen LogP) is 1.23. The summed E-state index contributed by atoms with van der Waals surface area (Å²) in [5, 5.41) is 8.25. The van der Waals surface area contributed by atoms with Gasteiger partial charge in [-0.1, -0.05) is 0 Å². The molecule has 2 aromatic heterocycles. The van der Waals surface area contributed by atoms with Crippen LogP contribution >= 0.6 is 0 Å². The van der Waals surface area contributed by atoms with Crippen LogP contribution in [0.5, 0.6) is 0 Å². The van der Waals surface area contributed by atoms with E-state index in [4.69, 9.17) is 0 Å². The van der Waals surface area contributed by atoms with Crippen LogP contribution in [-0.4, -0.2) is 20.2 Å². The molecule has 0 fully saturated rings. The molecule has 0 saturated heterocycles. The number of hydrogen-bond donors (Lipinski definition) is 1. The van der Waals surface area contributed by atoms with Gasteiger partial charge in [0.15, 0.2) is 5.65 Å². The summed E-state index contributed by atoms with van der Waals surface area (Å²) in [5.74, 6) is 0. The second kappa shape index (κ2) is 2.52. The lowest BCUT2D eigenvalue weighted by Gasteiger charge is -2.13. The first-order valence-electron chi connectivity index (χ1n) is 4.62. The summed E-state index contributed by atoms with van der Waals surface area (Å²) < 4.78 is 0. The van der Waals surface area contributed by atoms with Gasteiger partial charge in [0, 0.05) is 5.56 Å². The molecule has 3 rings (SSSR count). The quantitative estimate of drug-likeness (QED) is 0.653. The third kappa shape index (κ3) is 0.946. The number of hydrogen-bond acceptors (Lipinski definition) is 3. The molecule has 2 heterocycles. The first kappa shape index (κ1) is 7.00. The highest BCUT2D eigenvalue weighted by Gasteiger charge is 2.15. The van der Waals surface area contributed by atoms with Crippen LogP contribution in [0.3, 0.4) is 0 Å². The van der Waals surface area contributed by atoms with Gasteiger partial charge in [0.2, 0.25) is 0 Å². The number of nitrogens with zero attached hydrogens (tertiary/aromatic N) is 3. The van der Waals surface area contributed by atoms with Crippen molar-refractivity contribution in [1.29, 1.82) is 0 Å². The SMILES string of the molecule is c1nc2nnc3c(c2[nH]1)CCCC3. The number of aromatic amines is 1. The van der Waals surface area contributed by atoms with Gasteiger partial charge in [-0.25, -0.2) is 4.98 Å². The van der Waals surface area contributed by atoms with Crippen LogP contribution in [0.15, 0.2) is 6.33 Å². The lowest BCUT2D eigenvalue weighted by Crippen LogP contribution is -2.07. The zero-order chi connectivity index (χ0) is 8.67. The molecule has 13 heavy (non-hydrogen) atoms. The minimum Gasteiger partial charge on any atom is -0.343 e. The topological polar surface area (TPSA) is 54.5 Å². The Kier molecular flexibility index (Phi) is 1.36.